The topological polar surface area (TPSA) is 289 Å². The minimum absolute atomic E-state index is 0.000712. The number of hydrogen-bond donors (Lipinski definition) is 10. The number of rotatable bonds is 13. The first-order chi connectivity index (χ1) is 24.5. The van der Waals surface area contributed by atoms with Gasteiger partial charge in [0.2, 0.25) is 12.2 Å². The van der Waals surface area contributed by atoms with Crippen LogP contribution in [0.5, 0.6) is 46.0 Å². The highest BCUT2D eigenvalue weighted by Crippen LogP contribution is 2.39. The molecule has 0 spiro atoms. The zero-order valence-corrected chi connectivity index (χ0v) is 26.6. The monoisotopic (exact) mass is 718 g/mol. The molecule has 4 aromatic carbocycles. The number of esters is 2. The third-order valence-corrected chi connectivity index (χ3v) is 7.37. The number of phenols is 8. The summed E-state index contributed by atoms with van der Waals surface area (Å²) in [4.78, 5) is 50.5. The molecule has 0 fully saturated rings. The molecule has 0 aliphatic rings. The lowest BCUT2D eigenvalue weighted by Gasteiger charge is -2.18. The predicted molar refractivity (Wildman–Crippen MR) is 178 cm³/mol. The summed E-state index contributed by atoms with van der Waals surface area (Å²) in [6.07, 6.45) is -1.92. The molecule has 52 heavy (non-hydrogen) atoms. The highest BCUT2D eigenvalue weighted by atomic mass is 16.6. The maximum Gasteiger partial charge on any atom is 0.345 e. The van der Waals surface area contributed by atoms with Gasteiger partial charge in [0.15, 0.2) is 46.0 Å². The van der Waals surface area contributed by atoms with Crippen LogP contribution in [0, 0.1) is 0 Å². The summed E-state index contributed by atoms with van der Waals surface area (Å²) in [6, 6.07) is 12.3. The van der Waals surface area contributed by atoms with Crippen molar-refractivity contribution in [2.24, 2.45) is 0 Å². The van der Waals surface area contributed by atoms with Crippen molar-refractivity contribution < 1.29 is 79.7 Å². The van der Waals surface area contributed by atoms with Gasteiger partial charge in [0.1, 0.15) is 0 Å². The highest BCUT2D eigenvalue weighted by Gasteiger charge is 2.29. The summed E-state index contributed by atoms with van der Waals surface area (Å²) in [5.41, 5.74) is -1.03. The zero-order valence-electron chi connectivity index (χ0n) is 26.6. The van der Waals surface area contributed by atoms with E-state index in [0.29, 0.717) is 0 Å². The lowest BCUT2D eigenvalue weighted by atomic mass is 9.95. The average Bonchev–Trinajstić information content (AvgIpc) is 3.08. The first-order valence-corrected chi connectivity index (χ1v) is 14.9. The maximum absolute atomic E-state index is 13.8. The molecular weight excluding hydrogens is 688 g/mol. The van der Waals surface area contributed by atoms with E-state index in [9.17, 15) is 70.2 Å². The van der Waals surface area contributed by atoms with E-state index < -0.39 is 106 Å². The second kappa shape index (κ2) is 15.9. The Morgan fingerprint density at radius 2 is 1.06 bits per heavy atom. The predicted octanol–water partition coefficient (Wildman–Crippen LogP) is 3.36. The van der Waals surface area contributed by atoms with Crippen molar-refractivity contribution in [3.8, 4) is 46.0 Å². The van der Waals surface area contributed by atoms with Crippen molar-refractivity contribution in [2.45, 2.75) is 25.0 Å². The van der Waals surface area contributed by atoms with Gasteiger partial charge in [0.25, 0.3) is 0 Å². The van der Waals surface area contributed by atoms with Crippen LogP contribution in [0.4, 0.5) is 0 Å². The molecule has 2 unspecified atom stereocenters. The second-order valence-electron chi connectivity index (χ2n) is 11.1. The van der Waals surface area contributed by atoms with Gasteiger partial charge in [-0.25, -0.2) is 19.2 Å². The minimum atomic E-state index is -1.93. The summed E-state index contributed by atoms with van der Waals surface area (Å²) in [7, 11) is 0. The molecule has 16 nitrogen and oxygen atoms in total. The van der Waals surface area contributed by atoms with E-state index in [1.54, 1.807) is 0 Å². The maximum atomic E-state index is 13.8. The summed E-state index contributed by atoms with van der Waals surface area (Å²) < 4.78 is 10.3. The summed E-state index contributed by atoms with van der Waals surface area (Å²) in [5, 5.41) is 99.3. The van der Waals surface area contributed by atoms with Gasteiger partial charge < -0.3 is 60.5 Å². The van der Waals surface area contributed by atoms with Crippen LogP contribution in [-0.2, 0) is 41.5 Å². The molecule has 270 valence electrons. The lowest BCUT2D eigenvalue weighted by molar-refractivity contribution is -0.160. The number of hydrogen-bond acceptors (Lipinski definition) is 14. The van der Waals surface area contributed by atoms with Crippen LogP contribution >= 0.6 is 0 Å². The molecule has 0 saturated carbocycles. The van der Waals surface area contributed by atoms with E-state index in [2.05, 4.69) is 0 Å². The van der Waals surface area contributed by atoms with Crippen molar-refractivity contribution in [3.63, 3.8) is 0 Å². The van der Waals surface area contributed by atoms with Crippen LogP contribution in [-0.4, -0.2) is 87.2 Å². The molecule has 0 heterocycles. The molecule has 0 bridgehead atoms. The number of benzene rings is 4. The Bertz CT molecular complexity index is 2100. The largest absolute Gasteiger partial charge is 0.504 e. The molecule has 4 aromatic rings. The van der Waals surface area contributed by atoms with Gasteiger partial charge in [0, 0.05) is 24.5 Å². The Labute approximate surface area is 292 Å². The SMILES string of the molecule is O=C(/C=C\c1ccc(O)c(O)c1/C(=C\c1ccc(O)c(O)c1)C(=O)OC(Cc1ccc(O)c(O)c1)C(=O)O)OC(Cc1ccc(O)c(O)c1)C(=O)O. The first kappa shape index (κ1) is 37.5. The van der Waals surface area contributed by atoms with Crippen LogP contribution in [0.2, 0.25) is 0 Å². The Morgan fingerprint density at radius 3 is 1.56 bits per heavy atom. The molecule has 0 saturated heterocycles. The van der Waals surface area contributed by atoms with Gasteiger partial charge >= 0.3 is 23.9 Å². The van der Waals surface area contributed by atoms with Gasteiger partial charge in [-0.1, -0.05) is 24.3 Å². The van der Waals surface area contributed by atoms with Crippen LogP contribution in [0.1, 0.15) is 27.8 Å². The van der Waals surface area contributed by atoms with Gasteiger partial charge in [-0.2, -0.15) is 0 Å². The highest BCUT2D eigenvalue weighted by molar-refractivity contribution is 6.24. The molecule has 2 atom stereocenters. The number of carbonyl (C=O) groups is 4. The first-order valence-electron chi connectivity index (χ1n) is 14.9. The molecule has 0 aromatic heterocycles. The Kier molecular flexibility index (Phi) is 11.5. The van der Waals surface area contributed by atoms with Crippen LogP contribution in [0.25, 0.3) is 17.7 Å². The third-order valence-electron chi connectivity index (χ3n) is 7.37. The normalized spacial score (nSPS) is 12.6. The number of carbonyl (C=O) groups excluding carboxylic acids is 2. The van der Waals surface area contributed by atoms with Crippen LogP contribution in [0.3, 0.4) is 0 Å². The number of aliphatic carboxylic acids is 2. The fraction of sp³-hybridized carbons (Fsp3) is 0.111. The average molecular weight is 719 g/mol. The van der Waals surface area contributed by atoms with Crippen molar-refractivity contribution in [2.75, 3.05) is 0 Å². The van der Waals surface area contributed by atoms with Crippen LogP contribution < -0.4 is 0 Å². The molecule has 4 rings (SSSR count). The number of ether oxygens (including phenoxy) is 2. The van der Waals surface area contributed by atoms with E-state index in [1.165, 1.54) is 18.2 Å². The van der Waals surface area contributed by atoms with E-state index in [-0.39, 0.29) is 22.3 Å². The fourth-order valence-corrected chi connectivity index (χ4v) is 4.76. The van der Waals surface area contributed by atoms with Crippen LogP contribution in [0.15, 0.2) is 72.8 Å². The number of carboxylic acids is 2. The minimum Gasteiger partial charge on any atom is -0.504 e. The van der Waals surface area contributed by atoms with Gasteiger partial charge in [-0.3, -0.25) is 0 Å². The van der Waals surface area contributed by atoms with Gasteiger partial charge in [-0.15, -0.1) is 0 Å². The number of carboxylic acid groups (broad SMARTS) is 2. The third kappa shape index (κ3) is 9.20. The van der Waals surface area contributed by atoms with E-state index in [0.717, 1.165) is 66.8 Å². The quantitative estimate of drug-likeness (QED) is 0.0410. The fourth-order valence-electron chi connectivity index (χ4n) is 4.76. The zero-order chi connectivity index (χ0) is 38.3. The summed E-state index contributed by atoms with van der Waals surface area (Å²) >= 11 is 0. The molecule has 16 heteroatoms. The molecule has 0 aliphatic heterocycles. The van der Waals surface area contributed by atoms with E-state index >= 15 is 0 Å². The summed E-state index contributed by atoms with van der Waals surface area (Å²) in [6.45, 7) is 0. The number of aromatic hydroxyl groups is 8. The molecule has 0 radical (unpaired) electrons. The number of phenolic OH excluding ortho intramolecular Hbond substituents is 8. The Morgan fingerprint density at radius 1 is 0.577 bits per heavy atom. The molecular formula is C36H30O16. The Hall–Kier alpha value is -7.36. The standard InChI is InChI=1S/C36H30O16/c37-22-6-1-17(12-26(22)41)11-21(36(50)52-30(35(48)49)16-19-3-8-24(39)28(43)14-19)32-20(4-9-25(40)33(32)45)5-10-31(44)51-29(34(46)47)15-18-2-7-23(38)27(42)13-18/h1-14,29-30,37-43,45H,15-16H2,(H,46,47)(H,48,49)/b10-5-,21-11+. The molecule has 10 N–H and O–H groups in total. The summed E-state index contributed by atoms with van der Waals surface area (Å²) in [5.74, 6) is -10.8. The molecule has 0 amide bonds. The Balaban J connectivity index is 1.73. The van der Waals surface area contributed by atoms with Gasteiger partial charge in [-0.05, 0) is 76.9 Å². The lowest BCUT2D eigenvalue weighted by Crippen LogP contribution is -2.29. The van der Waals surface area contributed by atoms with Crippen molar-refractivity contribution >= 4 is 41.6 Å². The van der Waals surface area contributed by atoms with Crippen molar-refractivity contribution in [1.29, 1.82) is 0 Å². The second-order valence-corrected chi connectivity index (χ2v) is 11.1. The van der Waals surface area contributed by atoms with Gasteiger partial charge in [0.05, 0.1) is 5.57 Å². The van der Waals surface area contributed by atoms with Crippen molar-refractivity contribution in [1.82, 2.24) is 0 Å². The van der Waals surface area contributed by atoms with E-state index in [4.69, 9.17) is 9.47 Å². The van der Waals surface area contributed by atoms with E-state index in [1.807, 2.05) is 0 Å². The smallest absolute Gasteiger partial charge is 0.345 e. The molecule has 0 aliphatic carbocycles. The van der Waals surface area contributed by atoms with Crippen molar-refractivity contribution in [3.05, 3.63) is 101 Å².